The van der Waals surface area contributed by atoms with Gasteiger partial charge >= 0.3 is 0 Å². The second-order valence-corrected chi connectivity index (χ2v) is 6.12. The number of carbonyl (C=O) groups excluding carboxylic acids is 1. The Bertz CT molecular complexity index is 261. The van der Waals surface area contributed by atoms with Gasteiger partial charge in [-0.15, -0.1) is 0 Å². The van der Waals surface area contributed by atoms with E-state index in [2.05, 4.69) is 25.7 Å². The smallest absolute Gasteiger partial charge is 0.133 e. The highest BCUT2D eigenvalue weighted by Gasteiger charge is 2.38. The van der Waals surface area contributed by atoms with Crippen molar-refractivity contribution in [1.82, 2.24) is 4.90 Å². The molecule has 3 atom stereocenters. The average molecular weight is 223 g/mol. The lowest BCUT2D eigenvalue weighted by Crippen LogP contribution is -2.50. The van der Waals surface area contributed by atoms with E-state index in [0.717, 1.165) is 31.1 Å². The fraction of sp³-hybridized carbons (Fsp3) is 0.929. The van der Waals surface area contributed by atoms with Crippen molar-refractivity contribution in [3.8, 4) is 0 Å². The van der Waals surface area contributed by atoms with E-state index in [0.29, 0.717) is 17.7 Å². The topological polar surface area (TPSA) is 20.3 Å². The molecule has 2 rings (SSSR count). The highest BCUT2D eigenvalue weighted by atomic mass is 16.1. The van der Waals surface area contributed by atoms with Crippen LogP contribution in [0.4, 0.5) is 0 Å². The van der Waals surface area contributed by atoms with Crippen molar-refractivity contribution in [3.05, 3.63) is 0 Å². The molecule has 2 fully saturated rings. The van der Waals surface area contributed by atoms with Gasteiger partial charge in [-0.1, -0.05) is 13.8 Å². The maximum absolute atomic E-state index is 11.5. The van der Waals surface area contributed by atoms with Crippen molar-refractivity contribution in [2.75, 3.05) is 13.1 Å². The normalized spacial score (nSPS) is 36.5. The lowest BCUT2D eigenvalue weighted by atomic mass is 9.71. The summed E-state index contributed by atoms with van der Waals surface area (Å²) in [5, 5.41) is 0. The predicted octanol–water partition coefficient (Wildman–Crippen LogP) is 2.72. The Labute approximate surface area is 99.4 Å². The molecule has 1 aliphatic carbocycles. The number of rotatable bonds is 2. The van der Waals surface area contributed by atoms with Gasteiger partial charge in [-0.2, -0.15) is 0 Å². The fourth-order valence-corrected chi connectivity index (χ4v) is 3.59. The first-order chi connectivity index (χ1) is 7.58. The molecular weight excluding hydrogens is 198 g/mol. The molecule has 92 valence electrons. The zero-order valence-electron chi connectivity index (χ0n) is 10.9. The highest BCUT2D eigenvalue weighted by Crippen LogP contribution is 2.38. The lowest BCUT2D eigenvalue weighted by molar-refractivity contribution is -0.124. The third kappa shape index (κ3) is 2.48. The van der Waals surface area contributed by atoms with Crippen molar-refractivity contribution < 1.29 is 4.79 Å². The zero-order chi connectivity index (χ0) is 11.7. The Morgan fingerprint density at radius 1 is 1.38 bits per heavy atom. The molecule has 0 amide bonds. The van der Waals surface area contributed by atoms with Crippen molar-refractivity contribution >= 4 is 5.78 Å². The van der Waals surface area contributed by atoms with Crippen LogP contribution < -0.4 is 0 Å². The van der Waals surface area contributed by atoms with Gasteiger partial charge in [0.15, 0.2) is 0 Å². The third-order valence-electron chi connectivity index (χ3n) is 4.43. The SMILES string of the molecule is CC(C)CN1CCC2CC(=O)CCC2[C@H]1C. The van der Waals surface area contributed by atoms with Crippen LogP contribution in [0.1, 0.15) is 46.5 Å². The monoisotopic (exact) mass is 223 g/mol. The van der Waals surface area contributed by atoms with Crippen LogP contribution in [-0.4, -0.2) is 29.8 Å². The van der Waals surface area contributed by atoms with E-state index in [9.17, 15) is 4.79 Å². The standard InChI is InChI=1S/C14H25NO/c1-10(2)9-15-7-6-12-8-13(16)4-5-14(12)11(15)3/h10-12,14H,4-9H2,1-3H3/t11-,12?,14?/m1/s1. The number of likely N-dealkylation sites (tertiary alicyclic amines) is 1. The van der Waals surface area contributed by atoms with Crippen molar-refractivity contribution in [1.29, 1.82) is 0 Å². The average Bonchev–Trinajstić information content (AvgIpc) is 2.22. The van der Waals surface area contributed by atoms with E-state index < -0.39 is 0 Å². The first-order valence-electron chi connectivity index (χ1n) is 6.83. The largest absolute Gasteiger partial charge is 0.300 e. The molecule has 0 bridgehead atoms. The van der Waals surface area contributed by atoms with E-state index in [-0.39, 0.29) is 0 Å². The van der Waals surface area contributed by atoms with Gasteiger partial charge in [0.2, 0.25) is 0 Å². The number of piperidine rings is 1. The van der Waals surface area contributed by atoms with Crippen LogP contribution in [0.15, 0.2) is 0 Å². The zero-order valence-corrected chi connectivity index (χ0v) is 10.9. The molecular formula is C14H25NO. The molecule has 0 aromatic carbocycles. The van der Waals surface area contributed by atoms with Gasteiger partial charge in [0.05, 0.1) is 0 Å². The Morgan fingerprint density at radius 2 is 2.12 bits per heavy atom. The van der Waals surface area contributed by atoms with Crippen LogP contribution in [0.25, 0.3) is 0 Å². The summed E-state index contributed by atoms with van der Waals surface area (Å²) in [5.41, 5.74) is 0. The molecule has 0 aromatic rings. The van der Waals surface area contributed by atoms with Gasteiger partial charge in [-0.25, -0.2) is 0 Å². The molecule has 2 heteroatoms. The molecule has 1 heterocycles. The maximum Gasteiger partial charge on any atom is 0.133 e. The second-order valence-electron chi connectivity index (χ2n) is 6.12. The molecule has 0 radical (unpaired) electrons. The number of Topliss-reactive ketones (excluding diaryl/α,β-unsaturated/α-hetero) is 1. The van der Waals surface area contributed by atoms with E-state index in [1.54, 1.807) is 0 Å². The van der Waals surface area contributed by atoms with E-state index in [1.165, 1.54) is 19.5 Å². The van der Waals surface area contributed by atoms with Crippen LogP contribution in [0.5, 0.6) is 0 Å². The second kappa shape index (κ2) is 4.87. The molecule has 0 N–H and O–H groups in total. The van der Waals surface area contributed by atoms with Crippen LogP contribution in [0.3, 0.4) is 0 Å². The van der Waals surface area contributed by atoms with Gasteiger partial charge in [-0.05, 0) is 44.1 Å². The summed E-state index contributed by atoms with van der Waals surface area (Å²) >= 11 is 0. The van der Waals surface area contributed by atoms with Gasteiger partial charge in [-0.3, -0.25) is 4.79 Å². The first-order valence-corrected chi connectivity index (χ1v) is 6.83. The summed E-state index contributed by atoms with van der Waals surface area (Å²) in [7, 11) is 0. The molecule has 0 aromatic heterocycles. The van der Waals surface area contributed by atoms with Gasteiger partial charge in [0, 0.05) is 25.4 Å². The summed E-state index contributed by atoms with van der Waals surface area (Å²) in [5.74, 6) is 2.74. The first kappa shape index (κ1) is 12.1. The van der Waals surface area contributed by atoms with E-state index >= 15 is 0 Å². The Kier molecular flexibility index (Phi) is 3.68. The van der Waals surface area contributed by atoms with Crippen LogP contribution in [-0.2, 0) is 4.79 Å². The molecule has 2 unspecified atom stereocenters. The number of fused-ring (bicyclic) bond motifs is 1. The van der Waals surface area contributed by atoms with Gasteiger partial charge < -0.3 is 4.90 Å². The Balaban J connectivity index is 1.98. The van der Waals surface area contributed by atoms with Crippen LogP contribution in [0.2, 0.25) is 0 Å². The van der Waals surface area contributed by atoms with Crippen molar-refractivity contribution in [2.24, 2.45) is 17.8 Å². The van der Waals surface area contributed by atoms with Crippen molar-refractivity contribution in [3.63, 3.8) is 0 Å². The third-order valence-corrected chi connectivity index (χ3v) is 4.43. The number of hydrogen-bond donors (Lipinski definition) is 0. The van der Waals surface area contributed by atoms with Crippen LogP contribution >= 0.6 is 0 Å². The van der Waals surface area contributed by atoms with Crippen molar-refractivity contribution in [2.45, 2.75) is 52.5 Å². The summed E-state index contributed by atoms with van der Waals surface area (Å²) in [4.78, 5) is 14.1. The number of nitrogens with zero attached hydrogens (tertiary/aromatic N) is 1. The summed E-state index contributed by atoms with van der Waals surface area (Å²) in [6.07, 6.45) is 4.08. The molecule has 1 saturated carbocycles. The maximum atomic E-state index is 11.5. The molecule has 0 spiro atoms. The number of carbonyl (C=O) groups is 1. The van der Waals surface area contributed by atoms with E-state index in [4.69, 9.17) is 0 Å². The molecule has 1 saturated heterocycles. The lowest BCUT2D eigenvalue weighted by Gasteiger charge is -2.46. The minimum absolute atomic E-state index is 0.505. The minimum Gasteiger partial charge on any atom is -0.300 e. The summed E-state index contributed by atoms with van der Waals surface area (Å²) in [6, 6.07) is 0.689. The molecule has 2 nitrogen and oxygen atoms in total. The molecule has 16 heavy (non-hydrogen) atoms. The quantitative estimate of drug-likeness (QED) is 0.717. The Hall–Kier alpha value is -0.370. The predicted molar refractivity (Wildman–Crippen MR) is 66.3 cm³/mol. The highest BCUT2D eigenvalue weighted by molar-refractivity contribution is 5.79. The summed E-state index contributed by atoms with van der Waals surface area (Å²) < 4.78 is 0. The van der Waals surface area contributed by atoms with Gasteiger partial charge in [0.1, 0.15) is 5.78 Å². The van der Waals surface area contributed by atoms with E-state index in [1.807, 2.05) is 0 Å². The molecule has 2 aliphatic rings. The number of ketones is 1. The Morgan fingerprint density at radius 3 is 2.81 bits per heavy atom. The number of hydrogen-bond acceptors (Lipinski definition) is 2. The van der Waals surface area contributed by atoms with Crippen LogP contribution in [0, 0.1) is 17.8 Å². The molecule has 1 aliphatic heterocycles. The minimum atomic E-state index is 0.505. The summed E-state index contributed by atoms with van der Waals surface area (Å²) in [6.45, 7) is 9.38. The van der Waals surface area contributed by atoms with Gasteiger partial charge in [0.25, 0.3) is 0 Å². The fourth-order valence-electron chi connectivity index (χ4n) is 3.59.